The summed E-state index contributed by atoms with van der Waals surface area (Å²) < 4.78 is 0.231. The number of benzene rings is 3. The number of carbonyl (C=O) groups is 2. The standard InChI is InChI=1S/C18H8BrClN2O4/c19-16-9-4-3-5-10-15(9)11(8-14(16)22(25)26)18(24)21(17(10)23)13-7-2-1-6-12(13)20/h1-8H. The number of para-hydroxylation sites is 1. The van der Waals surface area contributed by atoms with Gasteiger partial charge in [-0.15, -0.1) is 0 Å². The first-order valence-electron chi connectivity index (χ1n) is 7.44. The van der Waals surface area contributed by atoms with Gasteiger partial charge in [0, 0.05) is 22.4 Å². The van der Waals surface area contributed by atoms with E-state index in [0.29, 0.717) is 10.8 Å². The van der Waals surface area contributed by atoms with Gasteiger partial charge >= 0.3 is 0 Å². The Kier molecular flexibility index (Phi) is 3.78. The lowest BCUT2D eigenvalue weighted by Gasteiger charge is -2.28. The third kappa shape index (κ3) is 2.24. The number of hydrogen-bond acceptors (Lipinski definition) is 4. The van der Waals surface area contributed by atoms with Crippen molar-refractivity contribution in [3.63, 3.8) is 0 Å². The van der Waals surface area contributed by atoms with Crippen LogP contribution in [-0.4, -0.2) is 16.7 Å². The van der Waals surface area contributed by atoms with Crippen molar-refractivity contribution < 1.29 is 14.5 Å². The second-order valence-electron chi connectivity index (χ2n) is 5.64. The SMILES string of the molecule is O=C1c2cccc3c(Br)c([N+](=O)[O-])cc(c23)C(=O)N1c1ccccc1Cl. The summed E-state index contributed by atoms with van der Waals surface area (Å²) >= 11 is 9.38. The Labute approximate surface area is 160 Å². The van der Waals surface area contributed by atoms with E-state index in [1.54, 1.807) is 42.5 Å². The second-order valence-corrected chi connectivity index (χ2v) is 6.84. The largest absolute Gasteiger partial charge is 0.284 e. The molecule has 4 rings (SSSR count). The summed E-state index contributed by atoms with van der Waals surface area (Å²) in [6.45, 7) is 0. The van der Waals surface area contributed by atoms with E-state index in [0.717, 1.165) is 4.90 Å². The van der Waals surface area contributed by atoms with Crippen LogP contribution in [0.4, 0.5) is 11.4 Å². The molecule has 0 fully saturated rings. The van der Waals surface area contributed by atoms with Crippen LogP contribution in [0.1, 0.15) is 20.7 Å². The molecule has 0 spiro atoms. The molecule has 1 aliphatic heterocycles. The molecule has 0 saturated heterocycles. The van der Waals surface area contributed by atoms with E-state index in [1.807, 2.05) is 0 Å². The lowest BCUT2D eigenvalue weighted by Crippen LogP contribution is -2.40. The Bertz CT molecular complexity index is 1150. The molecular formula is C18H8BrClN2O4. The molecule has 128 valence electrons. The molecule has 0 aliphatic carbocycles. The fourth-order valence-electron chi connectivity index (χ4n) is 3.10. The number of carbonyl (C=O) groups excluding carboxylic acids is 2. The molecule has 8 heteroatoms. The summed E-state index contributed by atoms with van der Waals surface area (Å²) in [5.74, 6) is -1.18. The van der Waals surface area contributed by atoms with Crippen molar-refractivity contribution in [2.45, 2.75) is 0 Å². The van der Waals surface area contributed by atoms with Crippen molar-refractivity contribution in [3.05, 3.63) is 79.3 Å². The van der Waals surface area contributed by atoms with Gasteiger partial charge in [0.2, 0.25) is 0 Å². The number of amides is 2. The van der Waals surface area contributed by atoms with E-state index >= 15 is 0 Å². The van der Waals surface area contributed by atoms with Crippen LogP contribution in [0.5, 0.6) is 0 Å². The summed E-state index contributed by atoms with van der Waals surface area (Å²) in [6, 6.07) is 12.5. The molecule has 0 N–H and O–H groups in total. The van der Waals surface area contributed by atoms with E-state index in [2.05, 4.69) is 15.9 Å². The van der Waals surface area contributed by atoms with Crippen LogP contribution in [0.2, 0.25) is 5.02 Å². The molecule has 26 heavy (non-hydrogen) atoms. The Hall–Kier alpha value is -2.77. The van der Waals surface area contributed by atoms with Gasteiger partial charge in [0.15, 0.2) is 0 Å². The summed E-state index contributed by atoms with van der Waals surface area (Å²) in [4.78, 5) is 37.8. The number of rotatable bonds is 2. The molecule has 0 atom stereocenters. The van der Waals surface area contributed by atoms with Crippen LogP contribution < -0.4 is 4.90 Å². The number of nitro benzene ring substituents is 1. The lowest BCUT2D eigenvalue weighted by atomic mass is 9.93. The summed E-state index contributed by atoms with van der Waals surface area (Å²) in [6.07, 6.45) is 0. The van der Waals surface area contributed by atoms with Gasteiger partial charge < -0.3 is 0 Å². The molecule has 0 saturated carbocycles. The highest BCUT2D eigenvalue weighted by Crippen LogP contribution is 2.41. The maximum Gasteiger partial charge on any atom is 0.284 e. The van der Waals surface area contributed by atoms with Gasteiger partial charge in [-0.2, -0.15) is 0 Å². The highest BCUT2D eigenvalue weighted by atomic mass is 79.9. The van der Waals surface area contributed by atoms with Crippen molar-refractivity contribution in [2.24, 2.45) is 0 Å². The third-order valence-electron chi connectivity index (χ3n) is 4.23. The zero-order valence-corrected chi connectivity index (χ0v) is 15.2. The quantitative estimate of drug-likeness (QED) is 0.326. The van der Waals surface area contributed by atoms with Crippen LogP contribution >= 0.6 is 27.5 Å². The van der Waals surface area contributed by atoms with Crippen molar-refractivity contribution in [1.82, 2.24) is 0 Å². The topological polar surface area (TPSA) is 80.5 Å². The minimum Gasteiger partial charge on any atom is -0.268 e. The smallest absolute Gasteiger partial charge is 0.268 e. The molecule has 1 heterocycles. The van der Waals surface area contributed by atoms with Gasteiger partial charge in [-0.1, -0.05) is 35.9 Å². The van der Waals surface area contributed by atoms with Crippen LogP contribution in [0.25, 0.3) is 10.8 Å². The Morgan fingerprint density at radius 2 is 1.69 bits per heavy atom. The zero-order chi connectivity index (χ0) is 18.6. The minimum atomic E-state index is -0.651. The maximum absolute atomic E-state index is 13.1. The van der Waals surface area contributed by atoms with E-state index < -0.39 is 16.7 Å². The summed E-state index contributed by atoms with van der Waals surface area (Å²) in [7, 11) is 0. The normalized spacial score (nSPS) is 13.4. The molecule has 0 bridgehead atoms. The molecule has 2 amide bonds. The maximum atomic E-state index is 13.1. The van der Waals surface area contributed by atoms with Gasteiger partial charge in [-0.3, -0.25) is 19.7 Å². The summed E-state index contributed by atoms with van der Waals surface area (Å²) in [5.41, 5.74) is 0.362. The average molecular weight is 432 g/mol. The number of hydrogen-bond donors (Lipinski definition) is 0. The molecule has 0 unspecified atom stereocenters. The predicted molar refractivity (Wildman–Crippen MR) is 101 cm³/mol. The molecule has 0 aromatic heterocycles. The third-order valence-corrected chi connectivity index (χ3v) is 5.39. The molecule has 6 nitrogen and oxygen atoms in total. The van der Waals surface area contributed by atoms with Crippen molar-refractivity contribution >= 4 is 61.5 Å². The number of halogens is 2. The van der Waals surface area contributed by atoms with Gasteiger partial charge in [-0.25, -0.2) is 4.90 Å². The van der Waals surface area contributed by atoms with E-state index in [1.165, 1.54) is 6.07 Å². The molecule has 1 aliphatic rings. The Morgan fingerprint density at radius 3 is 2.38 bits per heavy atom. The van der Waals surface area contributed by atoms with Crippen LogP contribution in [0.3, 0.4) is 0 Å². The first-order chi connectivity index (χ1) is 12.4. The van der Waals surface area contributed by atoms with Crippen LogP contribution in [0.15, 0.2) is 53.0 Å². The first kappa shape index (κ1) is 16.7. The highest BCUT2D eigenvalue weighted by molar-refractivity contribution is 9.10. The fraction of sp³-hybridized carbons (Fsp3) is 0. The van der Waals surface area contributed by atoms with Gasteiger partial charge in [0.1, 0.15) is 4.47 Å². The van der Waals surface area contributed by atoms with E-state index in [-0.39, 0.29) is 32.0 Å². The summed E-state index contributed by atoms with van der Waals surface area (Å²) in [5, 5.41) is 12.4. The fourth-order valence-corrected chi connectivity index (χ4v) is 3.91. The molecule has 3 aromatic rings. The van der Waals surface area contributed by atoms with E-state index in [9.17, 15) is 19.7 Å². The Balaban J connectivity index is 2.07. The monoisotopic (exact) mass is 430 g/mol. The Morgan fingerprint density at radius 1 is 1.00 bits per heavy atom. The van der Waals surface area contributed by atoms with Gasteiger partial charge in [-0.05, 0) is 34.1 Å². The van der Waals surface area contributed by atoms with Crippen LogP contribution in [-0.2, 0) is 0 Å². The molecular weight excluding hydrogens is 424 g/mol. The highest BCUT2D eigenvalue weighted by Gasteiger charge is 2.37. The number of anilines is 1. The first-order valence-corrected chi connectivity index (χ1v) is 8.62. The zero-order valence-electron chi connectivity index (χ0n) is 12.9. The van der Waals surface area contributed by atoms with Crippen molar-refractivity contribution in [1.29, 1.82) is 0 Å². The van der Waals surface area contributed by atoms with E-state index in [4.69, 9.17) is 11.6 Å². The number of imide groups is 1. The number of nitrogens with zero attached hydrogens (tertiary/aromatic N) is 2. The minimum absolute atomic E-state index is 0.0880. The lowest BCUT2D eigenvalue weighted by molar-refractivity contribution is -0.385. The van der Waals surface area contributed by atoms with Gasteiger partial charge in [0.25, 0.3) is 17.5 Å². The van der Waals surface area contributed by atoms with Gasteiger partial charge in [0.05, 0.1) is 21.2 Å². The molecule has 0 radical (unpaired) electrons. The van der Waals surface area contributed by atoms with Crippen molar-refractivity contribution in [2.75, 3.05) is 4.90 Å². The second kappa shape index (κ2) is 5.89. The van der Waals surface area contributed by atoms with Crippen LogP contribution in [0, 0.1) is 10.1 Å². The number of nitro groups is 1. The van der Waals surface area contributed by atoms with Crippen molar-refractivity contribution in [3.8, 4) is 0 Å². The molecule has 3 aromatic carbocycles. The predicted octanol–water partition coefficient (Wildman–Crippen LogP) is 4.96. The average Bonchev–Trinajstić information content (AvgIpc) is 2.62.